The molecule has 0 saturated carbocycles. The molecule has 158 valence electrons. The fraction of sp³-hybridized carbons (Fsp3) is 0.286. The van der Waals surface area contributed by atoms with Crippen molar-refractivity contribution in [1.82, 2.24) is 9.78 Å². The summed E-state index contributed by atoms with van der Waals surface area (Å²) in [4.78, 5) is 0.190. The maximum atomic E-state index is 13.1. The molecule has 0 radical (unpaired) electrons. The van der Waals surface area contributed by atoms with Crippen molar-refractivity contribution in [3.63, 3.8) is 0 Å². The molecule has 1 fully saturated rings. The molecule has 4 rings (SSSR count). The summed E-state index contributed by atoms with van der Waals surface area (Å²) in [6.07, 6.45) is 0.399. The zero-order valence-electron chi connectivity index (χ0n) is 16.7. The lowest BCUT2D eigenvalue weighted by atomic mass is 10.2. The third-order valence-corrected chi connectivity index (χ3v) is 8.48. The highest BCUT2D eigenvalue weighted by atomic mass is 32.2. The summed E-state index contributed by atoms with van der Waals surface area (Å²) in [7, 11) is -7.04. The van der Waals surface area contributed by atoms with Gasteiger partial charge in [-0.25, -0.2) is 21.5 Å². The molecule has 2 aromatic carbocycles. The van der Waals surface area contributed by atoms with Gasteiger partial charge in [0.2, 0.25) is 0 Å². The summed E-state index contributed by atoms with van der Waals surface area (Å²) >= 11 is 0. The molecular formula is C21H23N3O4S2. The first-order valence-electron chi connectivity index (χ1n) is 9.60. The molecule has 3 aromatic rings. The minimum absolute atomic E-state index is 0.0545. The molecule has 7 nitrogen and oxygen atoms in total. The molecule has 1 saturated heterocycles. The van der Waals surface area contributed by atoms with Crippen molar-refractivity contribution >= 4 is 25.7 Å². The number of rotatable bonds is 5. The summed E-state index contributed by atoms with van der Waals surface area (Å²) in [6.45, 7) is 3.57. The Morgan fingerprint density at radius 1 is 1.07 bits per heavy atom. The molecule has 1 N–H and O–H groups in total. The van der Waals surface area contributed by atoms with Crippen LogP contribution in [0.25, 0.3) is 11.3 Å². The lowest BCUT2D eigenvalue weighted by Gasteiger charge is -2.15. The Morgan fingerprint density at radius 3 is 2.47 bits per heavy atom. The van der Waals surface area contributed by atoms with Gasteiger partial charge in [0.15, 0.2) is 9.84 Å². The topological polar surface area (TPSA) is 98.1 Å². The van der Waals surface area contributed by atoms with E-state index in [9.17, 15) is 16.8 Å². The van der Waals surface area contributed by atoms with Gasteiger partial charge in [0.25, 0.3) is 10.0 Å². The maximum Gasteiger partial charge on any atom is 0.263 e. The number of sulfonamides is 1. The Bertz CT molecular complexity index is 1300. The molecule has 0 aliphatic carbocycles. The van der Waals surface area contributed by atoms with E-state index in [2.05, 4.69) is 9.82 Å². The summed E-state index contributed by atoms with van der Waals surface area (Å²) < 4.78 is 54.5. The van der Waals surface area contributed by atoms with Gasteiger partial charge < -0.3 is 0 Å². The standard InChI is InChI=1S/C21H23N3O4S2/c1-15-8-9-16(2)20(12-15)30(27,28)23-21-13-19(17-6-4-3-5-7-17)22-24(21)18-10-11-29(25,26)14-18/h3-9,12-13,18,23H,10-11,14H2,1-2H3/t18-/m1/s1. The number of sulfone groups is 1. The van der Waals surface area contributed by atoms with E-state index in [1.807, 2.05) is 43.3 Å². The number of aryl methyl sites for hydroxylation is 2. The van der Waals surface area contributed by atoms with Crippen molar-refractivity contribution in [1.29, 1.82) is 0 Å². The van der Waals surface area contributed by atoms with Crippen LogP contribution in [0, 0.1) is 13.8 Å². The molecule has 1 aliphatic rings. The van der Waals surface area contributed by atoms with Crippen LogP contribution in [0.15, 0.2) is 59.5 Å². The number of aromatic nitrogens is 2. The number of hydrogen-bond acceptors (Lipinski definition) is 5. The lowest BCUT2D eigenvalue weighted by molar-refractivity contribution is 0.507. The minimum Gasteiger partial charge on any atom is -0.264 e. The van der Waals surface area contributed by atoms with Gasteiger partial charge in [-0.05, 0) is 37.5 Å². The predicted molar refractivity (Wildman–Crippen MR) is 117 cm³/mol. The molecule has 1 aromatic heterocycles. The van der Waals surface area contributed by atoms with Gasteiger partial charge in [-0.15, -0.1) is 0 Å². The predicted octanol–water partition coefficient (Wildman–Crippen LogP) is 3.33. The van der Waals surface area contributed by atoms with Crippen LogP contribution in [0.1, 0.15) is 23.6 Å². The Hall–Kier alpha value is -2.65. The fourth-order valence-corrected chi connectivity index (χ4v) is 6.72. The second-order valence-electron chi connectivity index (χ2n) is 7.66. The smallest absolute Gasteiger partial charge is 0.263 e. The van der Waals surface area contributed by atoms with E-state index in [1.54, 1.807) is 25.1 Å². The number of nitrogens with zero attached hydrogens (tertiary/aromatic N) is 2. The number of hydrogen-bond donors (Lipinski definition) is 1. The zero-order valence-corrected chi connectivity index (χ0v) is 18.4. The third kappa shape index (κ3) is 4.13. The van der Waals surface area contributed by atoms with Crippen LogP contribution in [-0.4, -0.2) is 38.1 Å². The summed E-state index contributed by atoms with van der Waals surface area (Å²) in [5.41, 5.74) is 2.87. The van der Waals surface area contributed by atoms with Crippen molar-refractivity contribution < 1.29 is 16.8 Å². The average molecular weight is 446 g/mol. The number of benzene rings is 2. The molecule has 2 heterocycles. The van der Waals surface area contributed by atoms with Crippen LogP contribution in [0.4, 0.5) is 5.82 Å². The fourth-order valence-electron chi connectivity index (χ4n) is 3.66. The van der Waals surface area contributed by atoms with Gasteiger partial charge in [0.05, 0.1) is 28.1 Å². The Balaban J connectivity index is 1.78. The Morgan fingerprint density at radius 2 is 1.80 bits per heavy atom. The van der Waals surface area contributed by atoms with Crippen molar-refractivity contribution in [3.05, 3.63) is 65.7 Å². The first-order chi connectivity index (χ1) is 14.1. The third-order valence-electron chi connectivity index (χ3n) is 5.23. The minimum atomic E-state index is -3.88. The van der Waals surface area contributed by atoms with Gasteiger partial charge in [0, 0.05) is 11.6 Å². The normalized spacial score (nSPS) is 18.4. The SMILES string of the molecule is Cc1ccc(C)c(S(=O)(=O)Nc2cc(-c3ccccc3)nn2[C@@H]2CCS(=O)(=O)C2)c1. The monoisotopic (exact) mass is 445 g/mol. The quantitative estimate of drug-likeness (QED) is 0.650. The highest BCUT2D eigenvalue weighted by Gasteiger charge is 2.32. The second kappa shape index (κ2) is 7.55. The van der Waals surface area contributed by atoms with E-state index in [-0.39, 0.29) is 22.2 Å². The summed E-state index contributed by atoms with van der Waals surface area (Å²) in [6, 6.07) is 15.9. The largest absolute Gasteiger partial charge is 0.264 e. The van der Waals surface area contributed by atoms with Crippen molar-refractivity contribution in [2.45, 2.75) is 31.2 Å². The van der Waals surface area contributed by atoms with Crippen LogP contribution in [0.2, 0.25) is 0 Å². The first kappa shape index (κ1) is 20.6. The molecule has 0 unspecified atom stereocenters. The highest BCUT2D eigenvalue weighted by molar-refractivity contribution is 7.92. The van der Waals surface area contributed by atoms with E-state index < -0.39 is 25.9 Å². The van der Waals surface area contributed by atoms with Gasteiger partial charge in [-0.2, -0.15) is 5.10 Å². The van der Waals surface area contributed by atoms with Crippen LogP contribution in [0.3, 0.4) is 0 Å². The van der Waals surface area contributed by atoms with Gasteiger partial charge in [-0.3, -0.25) is 4.72 Å². The van der Waals surface area contributed by atoms with Crippen LogP contribution in [-0.2, 0) is 19.9 Å². The summed E-state index contributed by atoms with van der Waals surface area (Å²) in [5, 5.41) is 4.57. The molecular weight excluding hydrogens is 422 g/mol. The van der Waals surface area contributed by atoms with E-state index >= 15 is 0 Å². The van der Waals surface area contributed by atoms with Gasteiger partial charge in [0.1, 0.15) is 5.82 Å². The van der Waals surface area contributed by atoms with Gasteiger partial charge in [-0.1, -0.05) is 42.5 Å². The van der Waals surface area contributed by atoms with Crippen molar-refractivity contribution in [2.24, 2.45) is 0 Å². The molecule has 30 heavy (non-hydrogen) atoms. The molecule has 0 bridgehead atoms. The first-order valence-corrected chi connectivity index (χ1v) is 12.9. The van der Waals surface area contributed by atoms with Crippen molar-refractivity contribution in [2.75, 3.05) is 16.2 Å². The molecule has 1 aliphatic heterocycles. The maximum absolute atomic E-state index is 13.1. The van der Waals surface area contributed by atoms with E-state index in [4.69, 9.17) is 0 Å². The van der Waals surface area contributed by atoms with Crippen LogP contribution >= 0.6 is 0 Å². The number of anilines is 1. The summed E-state index contributed by atoms with van der Waals surface area (Å²) in [5.74, 6) is 0.277. The highest BCUT2D eigenvalue weighted by Crippen LogP contribution is 2.31. The zero-order chi connectivity index (χ0) is 21.5. The molecule has 0 spiro atoms. The van der Waals surface area contributed by atoms with E-state index in [0.717, 1.165) is 11.1 Å². The van der Waals surface area contributed by atoms with Crippen LogP contribution in [0.5, 0.6) is 0 Å². The van der Waals surface area contributed by atoms with E-state index in [0.29, 0.717) is 17.7 Å². The van der Waals surface area contributed by atoms with E-state index in [1.165, 1.54) is 4.68 Å². The van der Waals surface area contributed by atoms with Gasteiger partial charge >= 0.3 is 0 Å². The average Bonchev–Trinajstić information content (AvgIpc) is 3.26. The molecule has 0 amide bonds. The van der Waals surface area contributed by atoms with Crippen molar-refractivity contribution in [3.8, 4) is 11.3 Å². The second-order valence-corrected chi connectivity index (χ2v) is 11.5. The number of nitrogens with one attached hydrogen (secondary N) is 1. The lowest BCUT2D eigenvalue weighted by Crippen LogP contribution is -2.20. The molecule has 9 heteroatoms. The Kier molecular flexibility index (Phi) is 5.19. The van der Waals surface area contributed by atoms with Crippen LogP contribution < -0.4 is 4.72 Å². The molecule has 1 atom stereocenters. The Labute approximate surface area is 176 Å².